The van der Waals surface area contributed by atoms with Crippen LogP contribution in [0, 0.1) is 5.82 Å². The van der Waals surface area contributed by atoms with Gasteiger partial charge in [0.15, 0.2) is 11.6 Å². The number of rotatable bonds is 8. The van der Waals surface area contributed by atoms with Crippen molar-refractivity contribution in [2.75, 3.05) is 18.5 Å². The van der Waals surface area contributed by atoms with Crippen LogP contribution in [0.2, 0.25) is 0 Å². The summed E-state index contributed by atoms with van der Waals surface area (Å²) in [6, 6.07) is 4.11. The summed E-state index contributed by atoms with van der Waals surface area (Å²) >= 11 is 0. The molecule has 1 aromatic carbocycles. The van der Waals surface area contributed by atoms with Gasteiger partial charge < -0.3 is 14.8 Å². The van der Waals surface area contributed by atoms with E-state index in [-0.39, 0.29) is 11.7 Å². The van der Waals surface area contributed by atoms with Gasteiger partial charge in [-0.3, -0.25) is 0 Å². The number of hydrogen-bond acceptors (Lipinski definition) is 4. The molecule has 0 saturated carbocycles. The van der Waals surface area contributed by atoms with Crippen LogP contribution < -0.4 is 10.1 Å². The molecule has 1 aromatic rings. The summed E-state index contributed by atoms with van der Waals surface area (Å²) in [5.74, 6) is -0.555. The summed E-state index contributed by atoms with van der Waals surface area (Å²) in [5, 5.41) is 3.00. The fraction of sp³-hybridized carbons (Fsp3) is 0.533. The Hall–Kier alpha value is -1.78. The van der Waals surface area contributed by atoms with E-state index in [9.17, 15) is 9.18 Å². The minimum atomic E-state index is -0.461. The van der Waals surface area contributed by atoms with Crippen molar-refractivity contribution in [2.24, 2.45) is 0 Å². The molecule has 0 saturated heterocycles. The molecule has 4 nitrogen and oxygen atoms in total. The lowest BCUT2D eigenvalue weighted by Crippen LogP contribution is -2.31. The summed E-state index contributed by atoms with van der Waals surface area (Å²) < 4.78 is 23.9. The van der Waals surface area contributed by atoms with Gasteiger partial charge >= 0.3 is 5.97 Å². The highest BCUT2D eigenvalue weighted by Gasteiger charge is 2.19. The molecule has 5 heteroatoms. The fourth-order valence-corrected chi connectivity index (χ4v) is 1.84. The molecule has 112 valence electrons. The molecule has 0 aliphatic carbocycles. The third kappa shape index (κ3) is 4.72. The normalized spacial score (nSPS) is 11.8. The second-order valence-corrected chi connectivity index (χ2v) is 4.32. The van der Waals surface area contributed by atoms with Gasteiger partial charge in [0.2, 0.25) is 0 Å². The van der Waals surface area contributed by atoms with Crippen LogP contribution in [0.1, 0.15) is 33.6 Å². The Balaban J connectivity index is 2.77. The molecule has 0 amide bonds. The number of nitrogens with one attached hydrogen (secondary N) is 1. The van der Waals surface area contributed by atoms with Crippen LogP contribution in [-0.2, 0) is 9.53 Å². The number of ether oxygens (including phenoxy) is 2. The topological polar surface area (TPSA) is 47.6 Å². The average Bonchev–Trinajstić information content (AvgIpc) is 2.42. The van der Waals surface area contributed by atoms with Crippen LogP contribution in [0.4, 0.5) is 10.1 Å². The molecule has 0 aromatic heterocycles. The molecule has 0 spiro atoms. The maximum Gasteiger partial charge on any atom is 0.328 e. The van der Waals surface area contributed by atoms with Crippen molar-refractivity contribution in [1.82, 2.24) is 0 Å². The maximum atomic E-state index is 13.7. The predicted molar refractivity (Wildman–Crippen MR) is 76.5 cm³/mol. The maximum absolute atomic E-state index is 13.7. The van der Waals surface area contributed by atoms with E-state index in [1.807, 2.05) is 6.92 Å². The van der Waals surface area contributed by atoms with E-state index >= 15 is 0 Å². The molecule has 0 radical (unpaired) electrons. The molecule has 1 atom stereocenters. The highest BCUT2D eigenvalue weighted by molar-refractivity contribution is 5.79. The van der Waals surface area contributed by atoms with E-state index < -0.39 is 11.9 Å². The Kier molecular flexibility index (Phi) is 6.84. The van der Waals surface area contributed by atoms with E-state index in [0.717, 1.165) is 6.42 Å². The van der Waals surface area contributed by atoms with E-state index in [4.69, 9.17) is 9.47 Å². The van der Waals surface area contributed by atoms with Crippen LogP contribution in [0.3, 0.4) is 0 Å². The van der Waals surface area contributed by atoms with Gasteiger partial charge in [0.1, 0.15) is 6.04 Å². The molecular formula is C15H22FNO3. The molecule has 1 rings (SSSR count). The number of carbonyl (C=O) groups is 1. The van der Waals surface area contributed by atoms with Crippen molar-refractivity contribution in [3.8, 4) is 5.75 Å². The lowest BCUT2D eigenvalue weighted by atomic mass is 10.1. The fourth-order valence-electron chi connectivity index (χ4n) is 1.84. The number of benzene rings is 1. The number of hydrogen-bond donors (Lipinski definition) is 1. The smallest absolute Gasteiger partial charge is 0.328 e. The van der Waals surface area contributed by atoms with Gasteiger partial charge in [0.25, 0.3) is 0 Å². The zero-order valence-corrected chi connectivity index (χ0v) is 12.2. The molecule has 1 unspecified atom stereocenters. The van der Waals surface area contributed by atoms with Gasteiger partial charge in [-0.1, -0.05) is 13.3 Å². The molecule has 0 bridgehead atoms. The number of halogens is 1. The lowest BCUT2D eigenvalue weighted by Gasteiger charge is -2.18. The summed E-state index contributed by atoms with van der Waals surface area (Å²) in [5.41, 5.74) is 0.539. The molecule has 0 fully saturated rings. The van der Waals surface area contributed by atoms with Crippen LogP contribution in [0.25, 0.3) is 0 Å². The summed E-state index contributed by atoms with van der Waals surface area (Å²) in [7, 11) is 0. The molecule has 0 aliphatic rings. The molecule has 20 heavy (non-hydrogen) atoms. The van der Waals surface area contributed by atoms with Crippen LogP contribution in [0.15, 0.2) is 18.2 Å². The van der Waals surface area contributed by atoms with Crippen LogP contribution >= 0.6 is 0 Å². The van der Waals surface area contributed by atoms with Gasteiger partial charge in [-0.05, 0) is 32.4 Å². The van der Waals surface area contributed by atoms with Gasteiger partial charge in [-0.2, -0.15) is 0 Å². The SMILES string of the molecule is CCCC(Nc1ccc(OCC)c(F)c1)C(=O)OCC. The molecule has 0 aliphatic heterocycles. The Bertz CT molecular complexity index is 437. The largest absolute Gasteiger partial charge is 0.491 e. The van der Waals surface area contributed by atoms with E-state index in [1.165, 1.54) is 6.07 Å². The van der Waals surface area contributed by atoms with Crippen molar-refractivity contribution in [2.45, 2.75) is 39.7 Å². The number of esters is 1. The molecule has 1 N–H and O–H groups in total. The van der Waals surface area contributed by atoms with Crippen molar-refractivity contribution >= 4 is 11.7 Å². The zero-order chi connectivity index (χ0) is 15.0. The third-order valence-electron chi connectivity index (χ3n) is 2.72. The predicted octanol–water partition coefficient (Wildman–Crippen LogP) is 3.37. The van der Waals surface area contributed by atoms with Gasteiger partial charge in [0.05, 0.1) is 13.2 Å². The first-order valence-electron chi connectivity index (χ1n) is 6.97. The third-order valence-corrected chi connectivity index (χ3v) is 2.72. The molecule has 0 heterocycles. The van der Waals surface area contributed by atoms with Gasteiger partial charge in [0, 0.05) is 11.8 Å². The second-order valence-electron chi connectivity index (χ2n) is 4.32. The standard InChI is InChI=1S/C15H22FNO3/c1-4-7-13(15(18)20-6-3)17-11-8-9-14(19-5-2)12(16)10-11/h8-10,13,17H,4-7H2,1-3H3. The van der Waals surface area contributed by atoms with E-state index in [0.29, 0.717) is 25.3 Å². The first-order valence-corrected chi connectivity index (χ1v) is 6.97. The Labute approximate surface area is 119 Å². The Morgan fingerprint density at radius 3 is 2.60 bits per heavy atom. The highest BCUT2D eigenvalue weighted by Crippen LogP contribution is 2.22. The van der Waals surface area contributed by atoms with Crippen LogP contribution in [-0.4, -0.2) is 25.2 Å². The van der Waals surface area contributed by atoms with Crippen LogP contribution in [0.5, 0.6) is 5.75 Å². The monoisotopic (exact) mass is 283 g/mol. The summed E-state index contributed by atoms with van der Waals surface area (Å²) in [6.45, 7) is 6.27. The Morgan fingerprint density at radius 2 is 2.05 bits per heavy atom. The first-order chi connectivity index (χ1) is 9.62. The average molecular weight is 283 g/mol. The van der Waals surface area contributed by atoms with Gasteiger partial charge in [-0.25, -0.2) is 9.18 Å². The zero-order valence-electron chi connectivity index (χ0n) is 12.2. The van der Waals surface area contributed by atoms with E-state index in [1.54, 1.807) is 26.0 Å². The summed E-state index contributed by atoms with van der Waals surface area (Å²) in [4.78, 5) is 11.8. The first kappa shape index (κ1) is 16.3. The Morgan fingerprint density at radius 1 is 1.30 bits per heavy atom. The van der Waals surface area contributed by atoms with Crippen molar-refractivity contribution in [3.63, 3.8) is 0 Å². The minimum Gasteiger partial charge on any atom is -0.491 e. The second kappa shape index (κ2) is 8.40. The van der Waals surface area contributed by atoms with Gasteiger partial charge in [-0.15, -0.1) is 0 Å². The van der Waals surface area contributed by atoms with E-state index in [2.05, 4.69) is 5.32 Å². The quantitative estimate of drug-likeness (QED) is 0.743. The highest BCUT2D eigenvalue weighted by atomic mass is 19.1. The number of anilines is 1. The molecular weight excluding hydrogens is 261 g/mol. The minimum absolute atomic E-state index is 0.209. The van der Waals surface area contributed by atoms with Crippen molar-refractivity contribution in [1.29, 1.82) is 0 Å². The lowest BCUT2D eigenvalue weighted by molar-refractivity contribution is -0.144. The van der Waals surface area contributed by atoms with Crippen molar-refractivity contribution < 1.29 is 18.7 Å². The summed E-state index contributed by atoms with van der Waals surface area (Å²) in [6.07, 6.45) is 1.46. The number of carbonyl (C=O) groups excluding carboxylic acids is 1. The van der Waals surface area contributed by atoms with Crippen molar-refractivity contribution in [3.05, 3.63) is 24.0 Å².